The van der Waals surface area contributed by atoms with Crippen molar-refractivity contribution in [2.75, 3.05) is 40.3 Å². The Morgan fingerprint density at radius 3 is 2.73 bits per heavy atom. The van der Waals surface area contributed by atoms with Gasteiger partial charge in [-0.25, -0.2) is 3.11 Å². The van der Waals surface area contributed by atoms with Crippen molar-refractivity contribution in [3.63, 3.8) is 0 Å². The van der Waals surface area contributed by atoms with Crippen molar-refractivity contribution in [1.82, 2.24) is 8.01 Å². The van der Waals surface area contributed by atoms with Crippen LogP contribution in [0.4, 0.5) is 0 Å². The number of methoxy groups -OCH3 is 1. The fraction of sp³-hybridized carbons (Fsp3) is 1.00. The minimum atomic E-state index is 0.374. The molecular formula is C7H15IN2O. The van der Waals surface area contributed by atoms with E-state index in [2.05, 4.69) is 37.9 Å². The lowest BCUT2D eigenvalue weighted by atomic mass is 10.3. The summed E-state index contributed by atoms with van der Waals surface area (Å²) in [4.78, 5) is 2.31. The predicted octanol–water partition coefficient (Wildman–Crippen LogP) is 0.599. The van der Waals surface area contributed by atoms with Crippen LogP contribution in [0.2, 0.25) is 0 Å². The molecule has 0 amide bonds. The molecular weight excluding hydrogens is 255 g/mol. The fourth-order valence-corrected chi connectivity index (χ4v) is 1.89. The van der Waals surface area contributed by atoms with E-state index in [4.69, 9.17) is 4.74 Å². The maximum absolute atomic E-state index is 5.32. The predicted molar refractivity (Wildman–Crippen MR) is 53.9 cm³/mol. The zero-order valence-corrected chi connectivity index (χ0v) is 9.24. The molecule has 1 unspecified atom stereocenters. The second kappa shape index (κ2) is 4.59. The monoisotopic (exact) mass is 270 g/mol. The maximum atomic E-state index is 5.32. The molecule has 0 aliphatic carbocycles. The minimum Gasteiger partial charge on any atom is -0.379 e. The van der Waals surface area contributed by atoms with E-state index < -0.39 is 0 Å². The summed E-state index contributed by atoms with van der Waals surface area (Å²) >= 11 is 2.36. The lowest BCUT2D eigenvalue weighted by Gasteiger charge is -2.18. The topological polar surface area (TPSA) is 15.7 Å². The average Bonchev–Trinajstić information content (AvgIpc) is 2.13. The number of likely N-dealkylation sites (N-methyl/N-ethyl adjacent to an activating group) is 1. The second-order valence-corrected chi connectivity index (χ2v) is 4.35. The highest BCUT2D eigenvalue weighted by atomic mass is 127. The average molecular weight is 270 g/mol. The van der Waals surface area contributed by atoms with E-state index in [9.17, 15) is 0 Å². The van der Waals surface area contributed by atoms with Gasteiger partial charge in [-0.05, 0) is 7.05 Å². The van der Waals surface area contributed by atoms with Crippen LogP contribution in [0.25, 0.3) is 0 Å². The van der Waals surface area contributed by atoms with Crippen molar-refractivity contribution in [2.24, 2.45) is 0 Å². The van der Waals surface area contributed by atoms with E-state index in [1.807, 2.05) is 0 Å². The number of rotatable bonds is 1. The molecule has 0 aromatic rings. The largest absolute Gasteiger partial charge is 0.379 e. The van der Waals surface area contributed by atoms with Crippen molar-refractivity contribution >= 4 is 22.9 Å². The van der Waals surface area contributed by atoms with Crippen LogP contribution in [-0.2, 0) is 4.74 Å². The molecule has 1 heterocycles. The van der Waals surface area contributed by atoms with E-state index in [0.717, 1.165) is 26.2 Å². The molecule has 1 fully saturated rings. The summed E-state index contributed by atoms with van der Waals surface area (Å²) in [5.41, 5.74) is 0. The van der Waals surface area contributed by atoms with E-state index in [-0.39, 0.29) is 0 Å². The summed E-state index contributed by atoms with van der Waals surface area (Å²) in [7, 11) is 3.93. The molecule has 0 N–H and O–H groups in total. The lowest BCUT2D eigenvalue weighted by molar-refractivity contribution is 0.0784. The quantitative estimate of drug-likeness (QED) is 0.512. The van der Waals surface area contributed by atoms with Crippen molar-refractivity contribution in [2.45, 2.75) is 6.10 Å². The third kappa shape index (κ3) is 3.23. The molecule has 1 aliphatic heterocycles. The Bertz CT molecular complexity index is 111. The Balaban J connectivity index is 2.41. The van der Waals surface area contributed by atoms with Gasteiger partial charge in [0.2, 0.25) is 0 Å². The molecule has 0 bridgehead atoms. The number of hydrogen-bond acceptors (Lipinski definition) is 3. The van der Waals surface area contributed by atoms with Crippen LogP contribution in [0, 0.1) is 0 Å². The Labute approximate surface area is 82.2 Å². The van der Waals surface area contributed by atoms with Crippen LogP contribution in [-0.4, -0.2) is 54.5 Å². The van der Waals surface area contributed by atoms with Crippen LogP contribution in [0.15, 0.2) is 0 Å². The second-order valence-electron chi connectivity index (χ2n) is 2.99. The Kier molecular flexibility index (Phi) is 4.05. The van der Waals surface area contributed by atoms with Gasteiger partial charge in [0.25, 0.3) is 0 Å². The SMILES string of the molecule is COC1CN(C)CCN(I)C1. The van der Waals surface area contributed by atoms with Gasteiger partial charge in [0, 0.05) is 56.2 Å². The van der Waals surface area contributed by atoms with E-state index in [0.29, 0.717) is 6.10 Å². The van der Waals surface area contributed by atoms with Gasteiger partial charge in [0.1, 0.15) is 0 Å². The van der Waals surface area contributed by atoms with Gasteiger partial charge in [0.05, 0.1) is 6.10 Å². The van der Waals surface area contributed by atoms with E-state index in [1.165, 1.54) is 0 Å². The number of nitrogens with zero attached hydrogens (tertiary/aromatic N) is 2. The van der Waals surface area contributed by atoms with Crippen molar-refractivity contribution in [3.05, 3.63) is 0 Å². The van der Waals surface area contributed by atoms with Crippen LogP contribution < -0.4 is 0 Å². The molecule has 4 heteroatoms. The smallest absolute Gasteiger partial charge is 0.0832 e. The first kappa shape index (κ1) is 9.70. The molecule has 1 saturated heterocycles. The van der Waals surface area contributed by atoms with E-state index in [1.54, 1.807) is 7.11 Å². The highest BCUT2D eigenvalue weighted by molar-refractivity contribution is 14.1. The Morgan fingerprint density at radius 2 is 2.09 bits per heavy atom. The highest BCUT2D eigenvalue weighted by Gasteiger charge is 2.18. The third-order valence-electron chi connectivity index (χ3n) is 1.97. The normalized spacial score (nSPS) is 30.3. The summed E-state index contributed by atoms with van der Waals surface area (Å²) in [6, 6.07) is 0. The summed E-state index contributed by atoms with van der Waals surface area (Å²) in [6.45, 7) is 4.37. The zero-order valence-electron chi connectivity index (χ0n) is 7.09. The maximum Gasteiger partial charge on any atom is 0.0832 e. The molecule has 0 aromatic heterocycles. The van der Waals surface area contributed by atoms with Crippen molar-refractivity contribution < 1.29 is 4.74 Å². The third-order valence-corrected chi connectivity index (χ3v) is 2.85. The number of halogens is 1. The van der Waals surface area contributed by atoms with Gasteiger partial charge < -0.3 is 9.64 Å². The molecule has 11 heavy (non-hydrogen) atoms. The van der Waals surface area contributed by atoms with Gasteiger partial charge >= 0.3 is 0 Å². The Morgan fingerprint density at radius 1 is 1.36 bits per heavy atom. The molecule has 1 aliphatic rings. The summed E-state index contributed by atoms with van der Waals surface area (Å²) in [5, 5.41) is 0. The molecule has 3 nitrogen and oxygen atoms in total. The molecule has 1 rings (SSSR count). The molecule has 66 valence electrons. The van der Waals surface area contributed by atoms with Crippen LogP contribution in [0.1, 0.15) is 0 Å². The molecule has 0 spiro atoms. The number of hydrogen-bond donors (Lipinski definition) is 0. The summed E-state index contributed by atoms with van der Waals surface area (Å²) < 4.78 is 7.61. The van der Waals surface area contributed by atoms with Crippen molar-refractivity contribution in [3.8, 4) is 0 Å². The molecule has 0 aromatic carbocycles. The van der Waals surface area contributed by atoms with Crippen LogP contribution in [0.3, 0.4) is 0 Å². The molecule has 0 saturated carbocycles. The van der Waals surface area contributed by atoms with E-state index >= 15 is 0 Å². The summed E-state index contributed by atoms with van der Waals surface area (Å²) in [6.07, 6.45) is 0.374. The molecule has 0 radical (unpaired) electrons. The first-order chi connectivity index (χ1) is 5.22. The van der Waals surface area contributed by atoms with Gasteiger partial charge in [0.15, 0.2) is 0 Å². The van der Waals surface area contributed by atoms with Crippen LogP contribution in [0.5, 0.6) is 0 Å². The zero-order chi connectivity index (χ0) is 8.27. The lowest BCUT2D eigenvalue weighted by Crippen LogP contribution is -2.31. The van der Waals surface area contributed by atoms with Gasteiger partial charge in [-0.15, -0.1) is 0 Å². The fourth-order valence-electron chi connectivity index (χ4n) is 1.24. The standard InChI is InChI=1S/C7H15IN2O/c1-9-3-4-10(8)6-7(5-9)11-2/h7H,3-6H2,1-2H3. The van der Waals surface area contributed by atoms with Crippen molar-refractivity contribution in [1.29, 1.82) is 0 Å². The van der Waals surface area contributed by atoms with Gasteiger partial charge in [-0.2, -0.15) is 0 Å². The van der Waals surface area contributed by atoms with Crippen LogP contribution >= 0.6 is 22.9 Å². The molecule has 1 atom stereocenters. The van der Waals surface area contributed by atoms with Gasteiger partial charge in [-0.1, -0.05) is 0 Å². The minimum absolute atomic E-state index is 0.374. The highest BCUT2D eigenvalue weighted by Crippen LogP contribution is 2.08. The summed E-state index contributed by atoms with van der Waals surface area (Å²) in [5.74, 6) is 0. The van der Waals surface area contributed by atoms with Gasteiger partial charge in [-0.3, -0.25) is 0 Å². The first-order valence-corrected chi connectivity index (χ1v) is 4.81. The number of ether oxygens (including phenoxy) is 1. The first-order valence-electron chi connectivity index (χ1n) is 3.84. The Hall–Kier alpha value is 0.610.